The summed E-state index contributed by atoms with van der Waals surface area (Å²) in [5, 5.41) is 23.7. The number of hydrogen-bond donors (Lipinski definition) is 1. The predicted octanol–water partition coefficient (Wildman–Crippen LogP) is 1.49. The van der Waals surface area contributed by atoms with Crippen molar-refractivity contribution in [3.05, 3.63) is 34.1 Å². The van der Waals surface area contributed by atoms with Gasteiger partial charge in [0.1, 0.15) is 11.6 Å². The Labute approximate surface area is 122 Å². The first kappa shape index (κ1) is 13.4. The minimum Gasteiger partial charge on any atom is -0.398 e. The maximum atomic E-state index is 10.9. The lowest BCUT2D eigenvalue weighted by Gasteiger charge is -2.01. The van der Waals surface area contributed by atoms with Crippen LogP contribution in [0, 0.1) is 10.1 Å². The van der Waals surface area contributed by atoms with Crippen molar-refractivity contribution in [3.63, 3.8) is 0 Å². The molecule has 108 valence electrons. The molecule has 2 aromatic heterocycles. The summed E-state index contributed by atoms with van der Waals surface area (Å²) >= 11 is 1.25. The van der Waals surface area contributed by atoms with Crippen LogP contribution in [0.5, 0.6) is 0 Å². The molecule has 3 aromatic rings. The number of aromatic nitrogens is 4. The van der Waals surface area contributed by atoms with Gasteiger partial charge in [0.05, 0.1) is 4.92 Å². The number of nitro groups is 1. The number of benzene rings is 1. The van der Waals surface area contributed by atoms with Crippen LogP contribution >= 0.6 is 11.3 Å². The van der Waals surface area contributed by atoms with Crippen LogP contribution in [-0.4, -0.2) is 31.8 Å². The van der Waals surface area contributed by atoms with Gasteiger partial charge in [0.2, 0.25) is 4.96 Å². The predicted molar refractivity (Wildman–Crippen MR) is 75.9 cm³/mol. The lowest BCUT2D eigenvalue weighted by Crippen LogP contribution is -1.98. The summed E-state index contributed by atoms with van der Waals surface area (Å²) < 4.78 is 6.55. The Kier molecular flexibility index (Phi) is 3.23. The molecular weight excluding hydrogens is 296 g/mol. The summed E-state index contributed by atoms with van der Waals surface area (Å²) in [6.45, 7) is 0.273. The highest BCUT2D eigenvalue weighted by Crippen LogP contribution is 2.32. The van der Waals surface area contributed by atoms with Crippen molar-refractivity contribution in [2.24, 2.45) is 0 Å². The molecule has 1 aromatic carbocycles. The van der Waals surface area contributed by atoms with Gasteiger partial charge in [-0.3, -0.25) is 10.1 Å². The maximum Gasteiger partial charge on any atom is 0.270 e. The molecular formula is C11H10N6O3S. The highest BCUT2D eigenvalue weighted by molar-refractivity contribution is 7.19. The highest BCUT2D eigenvalue weighted by atomic mass is 32.1. The smallest absolute Gasteiger partial charge is 0.270 e. The standard InChI is InChI=1S/C11H10N6O3S/c1-20-5-9-13-14-11-16(9)15-10(21-11)7-4-6(17(18)19)2-3-8(7)12/h2-4H,5,12H2,1H3. The van der Waals surface area contributed by atoms with E-state index in [1.807, 2.05) is 0 Å². The van der Waals surface area contributed by atoms with E-state index in [0.717, 1.165) is 0 Å². The summed E-state index contributed by atoms with van der Waals surface area (Å²) in [7, 11) is 1.55. The minimum atomic E-state index is -0.473. The molecule has 0 radical (unpaired) electrons. The Hall–Kier alpha value is -2.59. The van der Waals surface area contributed by atoms with Crippen LogP contribution in [0.15, 0.2) is 18.2 Å². The third-order valence-corrected chi connectivity index (χ3v) is 3.74. The van der Waals surface area contributed by atoms with Gasteiger partial charge in [-0.2, -0.15) is 9.61 Å². The van der Waals surface area contributed by atoms with Gasteiger partial charge >= 0.3 is 0 Å². The number of methoxy groups -OCH3 is 1. The second-order valence-corrected chi connectivity index (χ2v) is 5.14. The maximum absolute atomic E-state index is 10.9. The fourth-order valence-corrected chi connectivity index (χ4v) is 2.72. The number of nitrogen functional groups attached to an aromatic ring is 1. The van der Waals surface area contributed by atoms with Gasteiger partial charge in [-0.15, -0.1) is 10.2 Å². The van der Waals surface area contributed by atoms with E-state index in [2.05, 4.69) is 15.3 Å². The normalized spacial score (nSPS) is 11.1. The van der Waals surface area contributed by atoms with E-state index in [0.29, 0.717) is 27.0 Å². The highest BCUT2D eigenvalue weighted by Gasteiger charge is 2.17. The quantitative estimate of drug-likeness (QED) is 0.440. The molecule has 2 N–H and O–H groups in total. The molecule has 21 heavy (non-hydrogen) atoms. The van der Waals surface area contributed by atoms with Crippen molar-refractivity contribution in [3.8, 4) is 10.6 Å². The van der Waals surface area contributed by atoms with Crippen LogP contribution in [0.2, 0.25) is 0 Å². The van der Waals surface area contributed by atoms with E-state index in [-0.39, 0.29) is 12.3 Å². The van der Waals surface area contributed by atoms with E-state index < -0.39 is 4.92 Å². The van der Waals surface area contributed by atoms with E-state index in [4.69, 9.17) is 10.5 Å². The van der Waals surface area contributed by atoms with Crippen molar-refractivity contribution in [2.75, 3.05) is 12.8 Å². The van der Waals surface area contributed by atoms with Crippen LogP contribution in [0.4, 0.5) is 11.4 Å². The first-order valence-corrected chi connectivity index (χ1v) is 6.66. The molecule has 0 atom stereocenters. The van der Waals surface area contributed by atoms with E-state index in [1.54, 1.807) is 11.6 Å². The zero-order chi connectivity index (χ0) is 15.0. The Balaban J connectivity index is 2.11. The fourth-order valence-electron chi connectivity index (χ4n) is 1.83. The third kappa shape index (κ3) is 2.30. The van der Waals surface area contributed by atoms with Crippen molar-refractivity contribution in [1.29, 1.82) is 0 Å². The largest absolute Gasteiger partial charge is 0.398 e. The van der Waals surface area contributed by atoms with Crippen LogP contribution in [0.3, 0.4) is 0 Å². The number of non-ortho nitro benzene ring substituents is 1. The molecule has 0 saturated heterocycles. The minimum absolute atomic E-state index is 0.0396. The Morgan fingerprint density at radius 1 is 1.48 bits per heavy atom. The molecule has 0 aliphatic heterocycles. The van der Waals surface area contributed by atoms with Crippen LogP contribution < -0.4 is 5.73 Å². The van der Waals surface area contributed by atoms with Gasteiger partial charge < -0.3 is 10.5 Å². The zero-order valence-electron chi connectivity index (χ0n) is 10.9. The number of nitrogens with zero attached hydrogens (tertiary/aromatic N) is 5. The number of rotatable bonds is 4. The Morgan fingerprint density at radius 2 is 2.29 bits per heavy atom. The first-order valence-electron chi connectivity index (χ1n) is 5.84. The van der Waals surface area contributed by atoms with Crippen molar-refractivity contribution < 1.29 is 9.66 Å². The summed E-state index contributed by atoms with van der Waals surface area (Å²) in [5.74, 6) is 0.555. The third-order valence-electron chi connectivity index (χ3n) is 2.81. The number of nitrogens with two attached hydrogens (primary N) is 1. The lowest BCUT2D eigenvalue weighted by atomic mass is 10.1. The SMILES string of the molecule is COCc1nnc2sc(-c3cc([N+](=O)[O-])ccc3N)nn12. The van der Waals surface area contributed by atoms with Gasteiger partial charge in [0.15, 0.2) is 5.82 Å². The van der Waals surface area contributed by atoms with E-state index >= 15 is 0 Å². The van der Waals surface area contributed by atoms with Gasteiger partial charge in [-0.25, -0.2) is 0 Å². The second kappa shape index (κ2) is 5.07. The zero-order valence-corrected chi connectivity index (χ0v) is 11.7. The first-order chi connectivity index (χ1) is 10.1. The summed E-state index contributed by atoms with van der Waals surface area (Å²) in [5.41, 5.74) is 6.76. The number of fused-ring (bicyclic) bond motifs is 1. The molecule has 0 amide bonds. The van der Waals surface area contributed by atoms with Crippen LogP contribution in [0.25, 0.3) is 15.5 Å². The molecule has 0 fully saturated rings. The van der Waals surface area contributed by atoms with E-state index in [1.165, 1.54) is 29.5 Å². The fraction of sp³-hybridized carbons (Fsp3) is 0.182. The van der Waals surface area contributed by atoms with Gasteiger partial charge in [-0.1, -0.05) is 11.3 Å². The Morgan fingerprint density at radius 3 is 3.00 bits per heavy atom. The number of hydrogen-bond acceptors (Lipinski definition) is 8. The summed E-state index contributed by atoms with van der Waals surface area (Å²) in [6, 6.07) is 4.25. The summed E-state index contributed by atoms with van der Waals surface area (Å²) in [6.07, 6.45) is 0. The average molecular weight is 306 g/mol. The van der Waals surface area contributed by atoms with Gasteiger partial charge in [-0.05, 0) is 6.07 Å². The number of nitro benzene ring substituents is 1. The van der Waals surface area contributed by atoms with Crippen LogP contribution in [-0.2, 0) is 11.3 Å². The molecule has 0 spiro atoms. The van der Waals surface area contributed by atoms with Crippen molar-refractivity contribution in [2.45, 2.75) is 6.61 Å². The Bertz CT molecular complexity index is 827. The molecule has 0 unspecified atom stereocenters. The number of anilines is 1. The summed E-state index contributed by atoms with van der Waals surface area (Å²) in [4.78, 5) is 11.0. The molecule has 2 heterocycles. The molecule has 9 nitrogen and oxygen atoms in total. The molecule has 0 saturated carbocycles. The van der Waals surface area contributed by atoms with Gasteiger partial charge in [0, 0.05) is 30.5 Å². The van der Waals surface area contributed by atoms with Crippen LogP contribution in [0.1, 0.15) is 5.82 Å². The molecule has 3 rings (SSSR count). The molecule has 0 bridgehead atoms. The molecule has 0 aliphatic carbocycles. The molecule has 0 aliphatic rings. The molecule has 10 heteroatoms. The second-order valence-electron chi connectivity index (χ2n) is 4.18. The van der Waals surface area contributed by atoms with E-state index in [9.17, 15) is 10.1 Å². The van der Waals surface area contributed by atoms with Gasteiger partial charge in [0.25, 0.3) is 5.69 Å². The van der Waals surface area contributed by atoms with Crippen molar-refractivity contribution in [1.82, 2.24) is 19.8 Å². The van der Waals surface area contributed by atoms with Crippen molar-refractivity contribution >= 4 is 27.7 Å². The average Bonchev–Trinajstić information content (AvgIpc) is 3.01. The lowest BCUT2D eigenvalue weighted by molar-refractivity contribution is -0.384. The topological polar surface area (TPSA) is 121 Å². The number of ether oxygens (including phenoxy) is 1. The monoisotopic (exact) mass is 306 g/mol.